The number of nitrogens with two attached hydrogens (primary N) is 3. The van der Waals surface area contributed by atoms with Crippen LogP contribution in [0.3, 0.4) is 0 Å². The largest absolute Gasteiger partial charge is 0.487 e. The second kappa shape index (κ2) is 27.8. The summed E-state index contributed by atoms with van der Waals surface area (Å²) in [5, 5.41) is 46.7. The molecule has 3 rings (SSSR count). The molecule has 0 aromatic heterocycles. The molecule has 62 heavy (non-hydrogen) atoms. The zero-order chi connectivity index (χ0) is 45.1. The van der Waals surface area contributed by atoms with Crippen LogP contribution in [-0.2, 0) is 0 Å². The number of hydrazine groups is 2. The fraction of sp³-hybridized carbons (Fsp3) is 0.475. The van der Waals surface area contributed by atoms with Crippen LogP contribution in [0.4, 0.5) is 40.2 Å². The predicted molar refractivity (Wildman–Crippen MR) is 238 cm³/mol. The molecule has 0 radical (unpaired) electrons. The predicted octanol–water partition coefficient (Wildman–Crippen LogP) is 5.51. The van der Waals surface area contributed by atoms with E-state index in [-0.39, 0.29) is 69.6 Å². The fourth-order valence-electron chi connectivity index (χ4n) is 4.15. The first kappa shape index (κ1) is 60.4. The molecule has 12 N–H and O–H groups in total. The minimum absolute atomic E-state index is 0. The van der Waals surface area contributed by atoms with Gasteiger partial charge in [0.2, 0.25) is 5.72 Å². The average Bonchev–Trinajstić information content (AvgIpc) is 3.23. The topological polar surface area (TPSA) is 288 Å². The van der Waals surface area contributed by atoms with Crippen molar-refractivity contribution in [2.24, 2.45) is 27.8 Å². The van der Waals surface area contributed by atoms with Crippen LogP contribution in [0.5, 0.6) is 17.2 Å². The second-order valence-corrected chi connectivity index (χ2v) is 12.8. The van der Waals surface area contributed by atoms with Crippen LogP contribution in [0.2, 0.25) is 0 Å². The van der Waals surface area contributed by atoms with Gasteiger partial charge in [-0.3, -0.25) is 0 Å². The zero-order valence-electron chi connectivity index (χ0n) is 34.6. The van der Waals surface area contributed by atoms with Gasteiger partial charge in [-0.25, -0.2) is 44.9 Å². The molecule has 0 aliphatic rings. The molecular formula is C40H69F2N11O9. The summed E-state index contributed by atoms with van der Waals surface area (Å²) in [6, 6.07) is 11.1. The first-order valence-electron chi connectivity index (χ1n) is 18.1. The number of carbonyl (C=O) groups excluding carboxylic acids is 3. The van der Waals surface area contributed by atoms with E-state index in [0.29, 0.717) is 0 Å². The molecule has 22 heteroatoms. The van der Waals surface area contributed by atoms with E-state index in [9.17, 15) is 38.5 Å². The van der Waals surface area contributed by atoms with Crippen molar-refractivity contribution in [2.45, 2.75) is 87.3 Å². The van der Waals surface area contributed by atoms with Gasteiger partial charge >= 0.3 is 18.1 Å². The van der Waals surface area contributed by atoms with Crippen molar-refractivity contribution in [1.82, 2.24) is 16.0 Å². The second-order valence-electron chi connectivity index (χ2n) is 12.8. The standard InChI is InChI=1S/C23H32FN7O6.C12H19FN4O3.C2H6.3CH4/c1-22(2,13-32)36-19-12-15(24)10-11-17(19)31(21(35)27-5)29-28-23(3,14-33)37-18-9-7-6-8-16(18)30(25)20(34)26-4;1-3-12(14,19)7-20-10-6-8(13)4-5-9(10)17(15)11(18)16-2;1-2;;;/h6-12,32-33H,13-14,25H2,1-5H3,(H,26,34)(H,27,35);4-6,19H,3,7,14-15H2,1-2H3,(H,16,18);1-2H3;3*1H4/b29-28+;;;;;. The number of benzene rings is 3. The third kappa shape index (κ3) is 18.0. The van der Waals surface area contributed by atoms with Crippen molar-refractivity contribution in [2.75, 3.05) is 56.0 Å². The Morgan fingerprint density at radius 3 is 1.66 bits per heavy atom. The minimum Gasteiger partial charge on any atom is -0.487 e. The van der Waals surface area contributed by atoms with Crippen molar-refractivity contribution < 1.29 is 52.7 Å². The van der Waals surface area contributed by atoms with Gasteiger partial charge in [0.15, 0.2) is 0 Å². The van der Waals surface area contributed by atoms with Crippen molar-refractivity contribution in [1.29, 1.82) is 0 Å². The Morgan fingerprint density at radius 1 is 0.726 bits per heavy atom. The molecule has 0 heterocycles. The number of amides is 6. The zero-order valence-corrected chi connectivity index (χ0v) is 34.6. The van der Waals surface area contributed by atoms with E-state index in [0.717, 1.165) is 39.3 Å². The van der Waals surface area contributed by atoms with Gasteiger partial charge in [0.25, 0.3) is 0 Å². The smallest absolute Gasteiger partial charge is 0.343 e. The number of hydrogen-bond acceptors (Lipinski definition) is 14. The Balaban J connectivity index is -0.00000119. The van der Waals surface area contributed by atoms with E-state index >= 15 is 0 Å². The lowest BCUT2D eigenvalue weighted by Crippen LogP contribution is -2.46. The third-order valence-corrected chi connectivity index (χ3v) is 7.55. The Bertz CT molecular complexity index is 1860. The van der Waals surface area contributed by atoms with E-state index in [1.807, 2.05) is 13.8 Å². The number of ether oxygens (including phenoxy) is 3. The summed E-state index contributed by atoms with van der Waals surface area (Å²) in [5.41, 5.74) is 1.43. The molecule has 0 spiro atoms. The number of nitrogens with zero attached hydrogens (tertiary/aromatic N) is 5. The van der Waals surface area contributed by atoms with Gasteiger partial charge in [-0.15, -0.1) is 5.11 Å². The molecule has 0 saturated heterocycles. The number of aliphatic hydroxyl groups excluding tert-OH is 2. The third-order valence-electron chi connectivity index (χ3n) is 7.55. The molecule has 0 bridgehead atoms. The van der Waals surface area contributed by atoms with Gasteiger partial charge in [-0.1, -0.05) is 60.4 Å². The number of nitrogens with one attached hydrogen (secondary N) is 3. The highest BCUT2D eigenvalue weighted by atomic mass is 19.1. The van der Waals surface area contributed by atoms with Gasteiger partial charge < -0.3 is 51.2 Å². The molecule has 6 amide bonds. The van der Waals surface area contributed by atoms with Gasteiger partial charge in [-0.2, -0.15) is 5.01 Å². The number of carbonyl (C=O) groups is 3. The van der Waals surface area contributed by atoms with Gasteiger partial charge in [0.1, 0.15) is 70.5 Å². The monoisotopic (exact) mass is 886 g/mol. The number of hydrogen-bond donors (Lipinski definition) is 9. The molecule has 2 unspecified atom stereocenters. The Labute approximate surface area is 363 Å². The highest BCUT2D eigenvalue weighted by molar-refractivity contribution is 5.93. The molecule has 0 aliphatic heterocycles. The summed E-state index contributed by atoms with van der Waals surface area (Å²) in [6.07, 6.45) is 0.249. The summed E-state index contributed by atoms with van der Waals surface area (Å²) in [7, 11) is 4.15. The summed E-state index contributed by atoms with van der Waals surface area (Å²) in [4.78, 5) is 36.2. The summed E-state index contributed by atoms with van der Waals surface area (Å²) in [5.74, 6) is 10.2. The molecule has 20 nitrogen and oxygen atoms in total. The number of aliphatic hydroxyl groups is 3. The number of halogens is 2. The molecule has 0 saturated carbocycles. The lowest BCUT2D eigenvalue weighted by Gasteiger charge is -2.28. The molecule has 0 fully saturated rings. The lowest BCUT2D eigenvalue weighted by atomic mass is 10.1. The normalized spacial score (nSPS) is 12.2. The Morgan fingerprint density at radius 2 is 1.19 bits per heavy atom. The van der Waals surface area contributed by atoms with Crippen molar-refractivity contribution >= 4 is 35.2 Å². The van der Waals surface area contributed by atoms with Crippen LogP contribution in [0.25, 0.3) is 0 Å². The number of anilines is 3. The summed E-state index contributed by atoms with van der Waals surface area (Å²) >= 11 is 0. The SMILES string of the molecule is C.C.C.CC.CCC(N)(O)COc1cc(F)ccc1N(N)C(=O)NC.CNC(=O)N(N)c1ccccc1OC(C)(CO)/N=N/N(C(=O)NC)c1ccc(F)cc1OC(C)(C)CO. The van der Waals surface area contributed by atoms with E-state index in [1.54, 1.807) is 32.9 Å². The first-order valence-corrected chi connectivity index (χ1v) is 18.1. The molecule has 2 atom stereocenters. The maximum Gasteiger partial charge on any atom is 0.343 e. The number of para-hydroxylation sites is 2. The minimum atomic E-state index is -1.75. The molecule has 352 valence electrons. The van der Waals surface area contributed by atoms with E-state index in [4.69, 9.17) is 31.6 Å². The van der Waals surface area contributed by atoms with E-state index in [2.05, 4.69) is 26.3 Å². The van der Waals surface area contributed by atoms with Crippen LogP contribution >= 0.6 is 0 Å². The highest BCUT2D eigenvalue weighted by Gasteiger charge is 2.31. The average molecular weight is 886 g/mol. The molecule has 3 aromatic rings. The Kier molecular flexibility index (Phi) is 27.1. The van der Waals surface area contributed by atoms with E-state index < -0.39 is 60.0 Å². The number of rotatable bonds is 15. The van der Waals surface area contributed by atoms with Crippen LogP contribution in [-0.4, -0.2) is 91.4 Å². The molecule has 3 aromatic carbocycles. The summed E-state index contributed by atoms with van der Waals surface area (Å²) in [6.45, 7) is 8.85. The maximum atomic E-state index is 14.0. The van der Waals surface area contributed by atoms with E-state index in [1.165, 1.54) is 52.3 Å². The van der Waals surface area contributed by atoms with Crippen LogP contribution in [0, 0.1) is 11.6 Å². The Hall–Kier alpha value is -5.91. The van der Waals surface area contributed by atoms with Crippen molar-refractivity contribution in [3.8, 4) is 17.2 Å². The van der Waals surface area contributed by atoms with Crippen molar-refractivity contribution in [3.63, 3.8) is 0 Å². The van der Waals surface area contributed by atoms with Gasteiger partial charge in [0.05, 0.1) is 6.61 Å². The van der Waals surface area contributed by atoms with Crippen LogP contribution < -0.4 is 62.6 Å². The number of urea groups is 3. The van der Waals surface area contributed by atoms with Gasteiger partial charge in [-0.05, 0) is 56.7 Å². The van der Waals surface area contributed by atoms with Crippen molar-refractivity contribution in [3.05, 3.63) is 72.3 Å². The summed E-state index contributed by atoms with van der Waals surface area (Å²) < 4.78 is 44.1. The van der Waals surface area contributed by atoms with Crippen LogP contribution in [0.1, 0.15) is 70.2 Å². The maximum absolute atomic E-state index is 14.0. The lowest BCUT2D eigenvalue weighted by molar-refractivity contribution is -0.00257. The highest BCUT2D eigenvalue weighted by Crippen LogP contribution is 2.35. The fourth-order valence-corrected chi connectivity index (χ4v) is 4.15. The van der Waals surface area contributed by atoms with Crippen LogP contribution in [0.15, 0.2) is 71.0 Å². The molecule has 0 aliphatic carbocycles. The first-order chi connectivity index (χ1) is 27.7. The molecular weight excluding hydrogens is 817 g/mol. The quantitative estimate of drug-likeness (QED) is 0.0300. The van der Waals surface area contributed by atoms with Gasteiger partial charge in [0, 0.05) is 40.2 Å².